The predicted octanol–water partition coefficient (Wildman–Crippen LogP) is 6.52. The number of rotatable bonds is 4. The van der Waals surface area contributed by atoms with Crippen molar-refractivity contribution in [3.05, 3.63) is 99.6 Å². The Bertz CT molecular complexity index is 1350. The van der Waals surface area contributed by atoms with Crippen LogP contribution in [0.15, 0.2) is 87.6 Å². The summed E-state index contributed by atoms with van der Waals surface area (Å²) < 4.78 is 6.28. The highest BCUT2D eigenvalue weighted by atomic mass is 35.5. The topological polar surface area (TPSA) is 71.3 Å². The highest BCUT2D eigenvalue weighted by Gasteiger charge is 2.40. The molecule has 34 heavy (non-hydrogen) atoms. The van der Waals surface area contributed by atoms with E-state index in [-0.39, 0.29) is 11.7 Å². The van der Waals surface area contributed by atoms with Gasteiger partial charge in [0, 0.05) is 39.7 Å². The van der Waals surface area contributed by atoms with Crippen molar-refractivity contribution in [3.8, 4) is 11.3 Å². The van der Waals surface area contributed by atoms with Crippen LogP contribution in [0.2, 0.25) is 5.02 Å². The Balaban J connectivity index is 1.58. The zero-order valence-electron chi connectivity index (χ0n) is 19.1. The SMILES string of the molecule is CC1=C(C(=O)Nc2ccccc2C)C(c2ccc(-c3ccc(Cl)cc3)o2)C2=C(CCCC2=O)N1. The molecule has 0 bridgehead atoms. The molecule has 0 spiro atoms. The molecular weight excluding hydrogens is 448 g/mol. The summed E-state index contributed by atoms with van der Waals surface area (Å²) in [6.07, 6.45) is 2.03. The highest BCUT2D eigenvalue weighted by molar-refractivity contribution is 6.30. The Hall–Kier alpha value is -3.57. The minimum absolute atomic E-state index is 0.0527. The normalized spacial score (nSPS) is 18.0. The molecule has 5 rings (SSSR count). The van der Waals surface area contributed by atoms with Gasteiger partial charge in [0.2, 0.25) is 0 Å². The van der Waals surface area contributed by atoms with Crippen LogP contribution in [-0.4, -0.2) is 11.7 Å². The first-order valence-electron chi connectivity index (χ1n) is 11.4. The van der Waals surface area contributed by atoms with Crippen LogP contribution < -0.4 is 10.6 Å². The van der Waals surface area contributed by atoms with E-state index >= 15 is 0 Å². The number of para-hydroxylation sites is 1. The van der Waals surface area contributed by atoms with Gasteiger partial charge in [0.25, 0.3) is 5.91 Å². The predicted molar refractivity (Wildman–Crippen MR) is 133 cm³/mol. The van der Waals surface area contributed by atoms with Gasteiger partial charge in [0.1, 0.15) is 11.5 Å². The molecular formula is C28H25ClN2O3. The van der Waals surface area contributed by atoms with E-state index in [0.29, 0.717) is 34.1 Å². The number of benzene rings is 2. The second kappa shape index (κ2) is 8.99. The molecule has 2 aliphatic rings. The van der Waals surface area contributed by atoms with Crippen molar-refractivity contribution in [2.24, 2.45) is 0 Å². The maximum Gasteiger partial charge on any atom is 0.254 e. The largest absolute Gasteiger partial charge is 0.460 e. The van der Waals surface area contributed by atoms with Crippen LogP contribution in [0.1, 0.15) is 43.4 Å². The third-order valence-corrected chi connectivity index (χ3v) is 6.71. The van der Waals surface area contributed by atoms with Gasteiger partial charge < -0.3 is 15.1 Å². The van der Waals surface area contributed by atoms with Gasteiger partial charge in [-0.25, -0.2) is 0 Å². The zero-order valence-corrected chi connectivity index (χ0v) is 19.8. The molecule has 1 aliphatic heterocycles. The second-order valence-corrected chi connectivity index (χ2v) is 9.18. The third kappa shape index (κ3) is 4.08. The fourth-order valence-electron chi connectivity index (χ4n) is 4.75. The number of carbonyl (C=O) groups excluding carboxylic acids is 2. The Morgan fingerprint density at radius 1 is 1.03 bits per heavy atom. The van der Waals surface area contributed by atoms with Gasteiger partial charge in [-0.3, -0.25) is 9.59 Å². The number of furan rings is 1. The van der Waals surface area contributed by atoms with E-state index in [1.807, 2.05) is 62.4 Å². The quantitative estimate of drug-likeness (QED) is 0.453. The summed E-state index contributed by atoms with van der Waals surface area (Å²) in [6, 6.07) is 18.8. The van der Waals surface area contributed by atoms with E-state index in [9.17, 15) is 9.59 Å². The first kappa shape index (κ1) is 22.2. The molecule has 0 saturated carbocycles. The van der Waals surface area contributed by atoms with Crippen molar-refractivity contribution in [2.45, 2.75) is 39.0 Å². The lowest BCUT2D eigenvalue weighted by molar-refractivity contribution is -0.116. The molecule has 0 saturated heterocycles. The third-order valence-electron chi connectivity index (χ3n) is 6.45. The van der Waals surface area contributed by atoms with Gasteiger partial charge in [0.15, 0.2) is 5.78 Å². The molecule has 0 radical (unpaired) electrons. The van der Waals surface area contributed by atoms with Crippen molar-refractivity contribution in [1.29, 1.82) is 0 Å². The van der Waals surface area contributed by atoms with Crippen molar-refractivity contribution in [1.82, 2.24) is 5.32 Å². The number of dihydropyridines is 1. The van der Waals surface area contributed by atoms with Gasteiger partial charge in [-0.05, 0) is 74.7 Å². The summed E-state index contributed by atoms with van der Waals surface area (Å²) in [5.74, 6) is 0.458. The summed E-state index contributed by atoms with van der Waals surface area (Å²) >= 11 is 6.03. The van der Waals surface area contributed by atoms with E-state index < -0.39 is 5.92 Å². The van der Waals surface area contributed by atoms with Crippen molar-refractivity contribution in [2.75, 3.05) is 5.32 Å². The zero-order chi connectivity index (χ0) is 23.8. The van der Waals surface area contributed by atoms with Crippen molar-refractivity contribution in [3.63, 3.8) is 0 Å². The molecule has 2 heterocycles. The molecule has 2 N–H and O–H groups in total. The first-order valence-corrected chi connectivity index (χ1v) is 11.8. The maximum atomic E-state index is 13.6. The Morgan fingerprint density at radius 2 is 1.79 bits per heavy atom. The van der Waals surface area contributed by atoms with Crippen LogP contribution in [0.3, 0.4) is 0 Å². The summed E-state index contributed by atoms with van der Waals surface area (Å²) in [4.78, 5) is 26.7. The Morgan fingerprint density at radius 3 is 2.56 bits per heavy atom. The monoisotopic (exact) mass is 472 g/mol. The summed E-state index contributed by atoms with van der Waals surface area (Å²) in [7, 11) is 0. The standard InChI is InChI=1S/C28H25ClN2O3/c1-16-6-3-4-7-20(16)31-28(33)25-17(2)30-21-8-5-9-22(32)26(21)27(25)24-15-14-23(34-24)18-10-12-19(29)13-11-18/h3-4,6-7,10-15,27,30H,5,8-9H2,1-2H3,(H,31,33). The fraction of sp³-hybridized carbons (Fsp3) is 0.214. The molecule has 1 aliphatic carbocycles. The van der Waals surface area contributed by atoms with Gasteiger partial charge in [-0.2, -0.15) is 0 Å². The van der Waals surface area contributed by atoms with Crippen LogP contribution in [0.25, 0.3) is 11.3 Å². The first-order chi connectivity index (χ1) is 16.4. The van der Waals surface area contributed by atoms with Crippen LogP contribution in [0, 0.1) is 6.92 Å². The summed E-state index contributed by atoms with van der Waals surface area (Å²) in [5, 5.41) is 7.03. The fourth-order valence-corrected chi connectivity index (χ4v) is 4.87. The van der Waals surface area contributed by atoms with E-state index in [4.69, 9.17) is 16.0 Å². The second-order valence-electron chi connectivity index (χ2n) is 8.74. The maximum absolute atomic E-state index is 13.6. The highest BCUT2D eigenvalue weighted by Crippen LogP contribution is 2.43. The molecule has 2 aromatic carbocycles. The number of hydrogen-bond donors (Lipinski definition) is 2. The van der Waals surface area contributed by atoms with Gasteiger partial charge >= 0.3 is 0 Å². The summed E-state index contributed by atoms with van der Waals surface area (Å²) in [6.45, 7) is 3.83. The average Bonchev–Trinajstić information content (AvgIpc) is 3.30. The van der Waals surface area contributed by atoms with Crippen molar-refractivity contribution >= 4 is 29.0 Å². The summed E-state index contributed by atoms with van der Waals surface area (Å²) in [5.41, 5.74) is 5.32. The minimum atomic E-state index is -0.575. The van der Waals surface area contributed by atoms with E-state index in [1.54, 1.807) is 12.1 Å². The van der Waals surface area contributed by atoms with E-state index in [0.717, 1.165) is 41.1 Å². The lowest BCUT2D eigenvalue weighted by Gasteiger charge is -2.33. The van der Waals surface area contributed by atoms with Crippen LogP contribution >= 0.6 is 11.6 Å². The minimum Gasteiger partial charge on any atom is -0.460 e. The van der Waals surface area contributed by atoms with E-state index in [2.05, 4.69) is 10.6 Å². The lowest BCUT2D eigenvalue weighted by Crippen LogP contribution is -2.35. The van der Waals surface area contributed by atoms with Gasteiger partial charge in [-0.15, -0.1) is 0 Å². The number of halogens is 1. The molecule has 3 aromatic rings. The van der Waals surface area contributed by atoms with Gasteiger partial charge in [0.05, 0.1) is 11.5 Å². The molecule has 6 heteroatoms. The number of ketones is 1. The number of allylic oxidation sites excluding steroid dienone is 3. The number of Topliss-reactive ketones (excluding diaryl/α,β-unsaturated/α-hetero) is 1. The average molecular weight is 473 g/mol. The Kier molecular flexibility index (Phi) is 5.88. The number of hydrogen-bond acceptors (Lipinski definition) is 4. The number of aryl methyl sites for hydroxylation is 1. The molecule has 1 aromatic heterocycles. The van der Waals surface area contributed by atoms with E-state index in [1.165, 1.54) is 0 Å². The van der Waals surface area contributed by atoms with Crippen LogP contribution in [0.5, 0.6) is 0 Å². The lowest BCUT2D eigenvalue weighted by atomic mass is 9.77. The molecule has 1 unspecified atom stereocenters. The molecule has 1 atom stereocenters. The molecule has 5 nitrogen and oxygen atoms in total. The number of carbonyl (C=O) groups is 2. The number of nitrogens with one attached hydrogen (secondary N) is 2. The van der Waals surface area contributed by atoms with Crippen LogP contribution in [0.4, 0.5) is 5.69 Å². The molecule has 172 valence electrons. The molecule has 1 amide bonds. The Labute approximate surface area is 203 Å². The van der Waals surface area contributed by atoms with Crippen molar-refractivity contribution < 1.29 is 14.0 Å². The number of amides is 1. The van der Waals surface area contributed by atoms with Crippen LogP contribution in [-0.2, 0) is 9.59 Å². The smallest absolute Gasteiger partial charge is 0.254 e. The molecule has 0 fully saturated rings. The van der Waals surface area contributed by atoms with Gasteiger partial charge in [-0.1, -0.05) is 29.8 Å². The number of anilines is 1.